The topological polar surface area (TPSA) is 79.6 Å². The van der Waals surface area contributed by atoms with Crippen LogP contribution in [0.3, 0.4) is 0 Å². The maximum absolute atomic E-state index is 11.2. The molecule has 0 radical (unpaired) electrons. The van der Waals surface area contributed by atoms with E-state index in [0.29, 0.717) is 26.1 Å². The second-order valence-electron chi connectivity index (χ2n) is 6.41. The zero-order valence-electron chi connectivity index (χ0n) is 17.1. The fourth-order valence-electron chi connectivity index (χ4n) is 2.52. The monoisotopic (exact) mass is 378 g/mol. The largest absolute Gasteiger partial charge is 0.466 e. The van der Waals surface area contributed by atoms with Crippen molar-refractivity contribution in [3.05, 3.63) is 0 Å². The molecule has 0 aliphatic heterocycles. The predicted octanol–water partition coefficient (Wildman–Crippen LogP) is 3.80. The number of nitriles is 1. The van der Waals surface area contributed by atoms with Gasteiger partial charge in [-0.15, -0.1) is 0 Å². The number of hydrogen-bond acceptors (Lipinski definition) is 6. The molecule has 6 heteroatoms. The first-order valence-corrected chi connectivity index (χ1v) is 9.99. The van der Waals surface area contributed by atoms with Gasteiger partial charge in [0.2, 0.25) is 0 Å². The van der Waals surface area contributed by atoms with E-state index in [-0.39, 0.29) is 11.9 Å². The number of hydrogen-bond donors (Lipinski definition) is 0. The summed E-state index contributed by atoms with van der Waals surface area (Å²) in [6.45, 7) is 6.71. The SMILES string of the molecule is CCCCC[C@@H](C#CCN(C#N)CCCCCCC(=O)OCC)OC(C)=O. The number of ether oxygens (including phenoxy) is 2. The third-order valence-electron chi connectivity index (χ3n) is 3.92. The molecule has 0 unspecified atom stereocenters. The van der Waals surface area contributed by atoms with E-state index < -0.39 is 6.10 Å². The van der Waals surface area contributed by atoms with Crippen LogP contribution in [0.5, 0.6) is 0 Å². The summed E-state index contributed by atoms with van der Waals surface area (Å²) in [6.07, 6.45) is 9.68. The lowest BCUT2D eigenvalue weighted by Gasteiger charge is -2.13. The number of esters is 2. The Labute approximate surface area is 164 Å². The molecule has 0 aromatic heterocycles. The average molecular weight is 379 g/mol. The Hall–Kier alpha value is -2.21. The van der Waals surface area contributed by atoms with E-state index in [9.17, 15) is 14.9 Å². The van der Waals surface area contributed by atoms with Gasteiger partial charge in [-0.3, -0.25) is 14.5 Å². The highest BCUT2D eigenvalue weighted by Gasteiger charge is 2.08. The molecule has 0 N–H and O–H groups in total. The molecule has 152 valence electrons. The van der Waals surface area contributed by atoms with Crippen molar-refractivity contribution in [2.24, 2.45) is 0 Å². The Bertz CT molecular complexity index is 517. The quantitative estimate of drug-likeness (QED) is 0.150. The Morgan fingerprint density at radius 3 is 2.44 bits per heavy atom. The van der Waals surface area contributed by atoms with Crippen molar-refractivity contribution < 1.29 is 19.1 Å². The van der Waals surface area contributed by atoms with Crippen molar-refractivity contribution in [3.63, 3.8) is 0 Å². The summed E-state index contributed by atoms with van der Waals surface area (Å²) in [4.78, 5) is 24.0. The minimum Gasteiger partial charge on any atom is -0.466 e. The van der Waals surface area contributed by atoms with E-state index in [2.05, 4.69) is 25.0 Å². The molecule has 0 amide bonds. The third kappa shape index (κ3) is 15.7. The van der Waals surface area contributed by atoms with Gasteiger partial charge >= 0.3 is 11.9 Å². The van der Waals surface area contributed by atoms with Crippen LogP contribution in [0.15, 0.2) is 0 Å². The van der Waals surface area contributed by atoms with E-state index >= 15 is 0 Å². The molecular weight excluding hydrogens is 344 g/mol. The molecule has 0 fully saturated rings. The van der Waals surface area contributed by atoms with Gasteiger partial charge in [-0.1, -0.05) is 44.4 Å². The maximum atomic E-state index is 11.2. The van der Waals surface area contributed by atoms with E-state index in [1.807, 2.05) is 0 Å². The van der Waals surface area contributed by atoms with Crippen molar-refractivity contribution in [1.29, 1.82) is 5.26 Å². The van der Waals surface area contributed by atoms with Crippen LogP contribution in [0.4, 0.5) is 0 Å². The minimum atomic E-state index is -0.391. The summed E-state index contributed by atoms with van der Waals surface area (Å²) < 4.78 is 10.1. The van der Waals surface area contributed by atoms with Crippen LogP contribution in [0.25, 0.3) is 0 Å². The molecule has 0 aromatic rings. The summed E-state index contributed by atoms with van der Waals surface area (Å²) in [5, 5.41) is 9.21. The van der Waals surface area contributed by atoms with Gasteiger partial charge in [-0.2, -0.15) is 5.26 Å². The van der Waals surface area contributed by atoms with Gasteiger partial charge in [-0.05, 0) is 32.6 Å². The molecule has 0 heterocycles. The van der Waals surface area contributed by atoms with Crippen LogP contribution in [0.1, 0.15) is 78.6 Å². The highest BCUT2D eigenvalue weighted by molar-refractivity contribution is 5.69. The number of nitrogens with zero attached hydrogens (tertiary/aromatic N) is 2. The molecule has 0 aliphatic carbocycles. The lowest BCUT2D eigenvalue weighted by atomic mass is 10.1. The zero-order valence-corrected chi connectivity index (χ0v) is 17.1. The van der Waals surface area contributed by atoms with Gasteiger partial charge in [0, 0.05) is 19.9 Å². The number of unbranched alkanes of at least 4 members (excludes halogenated alkanes) is 5. The number of rotatable bonds is 14. The molecule has 27 heavy (non-hydrogen) atoms. The van der Waals surface area contributed by atoms with Crippen molar-refractivity contribution in [1.82, 2.24) is 4.90 Å². The second kappa shape index (κ2) is 17.2. The van der Waals surface area contributed by atoms with Crippen LogP contribution in [0.2, 0.25) is 0 Å². The fraction of sp³-hybridized carbons (Fsp3) is 0.762. The Morgan fingerprint density at radius 2 is 1.81 bits per heavy atom. The van der Waals surface area contributed by atoms with Crippen molar-refractivity contribution in [2.45, 2.75) is 84.7 Å². The molecule has 0 saturated carbocycles. The first-order chi connectivity index (χ1) is 13.0. The second-order valence-corrected chi connectivity index (χ2v) is 6.41. The standard InChI is InChI=1S/C21H34N2O4/c1-4-6-9-13-20(27-19(3)24)14-12-17-23(18-22)16-11-8-7-10-15-21(25)26-5-2/h20H,4-11,13,15-17H2,1-3H3/t20-/m0/s1. The molecular formula is C21H34N2O4. The molecule has 6 nitrogen and oxygen atoms in total. The van der Waals surface area contributed by atoms with Crippen LogP contribution >= 0.6 is 0 Å². The summed E-state index contributed by atoms with van der Waals surface area (Å²) >= 11 is 0. The minimum absolute atomic E-state index is 0.146. The van der Waals surface area contributed by atoms with Crippen molar-refractivity contribution in [3.8, 4) is 18.0 Å². The predicted molar refractivity (Wildman–Crippen MR) is 104 cm³/mol. The van der Waals surface area contributed by atoms with E-state index in [4.69, 9.17) is 9.47 Å². The Balaban J connectivity index is 4.10. The lowest BCUT2D eigenvalue weighted by Crippen LogP contribution is -2.20. The van der Waals surface area contributed by atoms with Crippen molar-refractivity contribution in [2.75, 3.05) is 19.7 Å². The van der Waals surface area contributed by atoms with Crippen LogP contribution in [-0.2, 0) is 19.1 Å². The van der Waals surface area contributed by atoms with E-state index in [0.717, 1.165) is 51.4 Å². The Morgan fingerprint density at radius 1 is 1.07 bits per heavy atom. The first kappa shape index (κ1) is 24.8. The van der Waals surface area contributed by atoms with E-state index in [1.54, 1.807) is 11.8 Å². The third-order valence-corrected chi connectivity index (χ3v) is 3.92. The molecule has 0 bridgehead atoms. The smallest absolute Gasteiger partial charge is 0.305 e. The van der Waals surface area contributed by atoms with Gasteiger partial charge in [0.05, 0.1) is 13.2 Å². The highest BCUT2D eigenvalue weighted by atomic mass is 16.5. The average Bonchev–Trinajstić information content (AvgIpc) is 2.62. The van der Waals surface area contributed by atoms with Gasteiger partial charge < -0.3 is 9.47 Å². The maximum Gasteiger partial charge on any atom is 0.305 e. The molecule has 1 atom stereocenters. The van der Waals surface area contributed by atoms with Gasteiger partial charge in [-0.25, -0.2) is 0 Å². The molecule has 0 aliphatic rings. The molecule has 0 rings (SSSR count). The van der Waals surface area contributed by atoms with Gasteiger partial charge in [0.1, 0.15) is 0 Å². The summed E-state index contributed by atoms with van der Waals surface area (Å²) in [7, 11) is 0. The number of carbonyl (C=O) groups is 2. The fourth-order valence-corrected chi connectivity index (χ4v) is 2.52. The Kier molecular flexibility index (Phi) is 15.8. The van der Waals surface area contributed by atoms with Crippen molar-refractivity contribution >= 4 is 11.9 Å². The summed E-state index contributed by atoms with van der Waals surface area (Å²) in [5.41, 5.74) is 0. The van der Waals surface area contributed by atoms with Gasteiger partial charge in [0.15, 0.2) is 12.3 Å². The summed E-state index contributed by atoms with van der Waals surface area (Å²) in [5.74, 6) is 5.46. The highest BCUT2D eigenvalue weighted by Crippen LogP contribution is 2.07. The van der Waals surface area contributed by atoms with Gasteiger partial charge in [0.25, 0.3) is 0 Å². The normalized spacial score (nSPS) is 10.9. The first-order valence-electron chi connectivity index (χ1n) is 9.99. The molecule has 0 saturated heterocycles. The van der Waals surface area contributed by atoms with E-state index in [1.165, 1.54) is 6.92 Å². The molecule has 0 spiro atoms. The lowest BCUT2D eigenvalue weighted by molar-refractivity contribution is -0.144. The number of carbonyl (C=O) groups excluding carboxylic acids is 2. The van der Waals surface area contributed by atoms with Crippen LogP contribution in [0, 0.1) is 23.3 Å². The summed E-state index contributed by atoms with van der Waals surface area (Å²) in [6, 6.07) is 0. The zero-order chi connectivity index (χ0) is 20.3. The molecule has 0 aromatic carbocycles. The van der Waals surface area contributed by atoms with Crippen LogP contribution in [-0.4, -0.2) is 42.6 Å². The van der Waals surface area contributed by atoms with Crippen LogP contribution < -0.4 is 0 Å².